The largest absolute Gasteiger partial charge is 0.326 e. The molecule has 1 unspecified atom stereocenters. The minimum atomic E-state index is -0.268. The van der Waals surface area contributed by atoms with E-state index < -0.39 is 0 Å². The number of carbonyl (C=O) groups is 2. The van der Waals surface area contributed by atoms with Crippen LogP contribution >= 0.6 is 0 Å². The maximum atomic E-state index is 11.7. The van der Waals surface area contributed by atoms with E-state index in [2.05, 4.69) is 16.0 Å². The molecule has 1 aromatic carbocycles. The van der Waals surface area contributed by atoms with E-state index in [1.807, 2.05) is 13.0 Å². The molecule has 5 nitrogen and oxygen atoms in total. The van der Waals surface area contributed by atoms with E-state index in [9.17, 15) is 9.59 Å². The first kappa shape index (κ1) is 14.2. The summed E-state index contributed by atoms with van der Waals surface area (Å²) >= 11 is 0. The second-order valence-electron chi connectivity index (χ2n) is 4.21. The number of rotatable bonds is 4. The topological polar surface area (TPSA) is 70.2 Å². The molecule has 0 spiro atoms. The number of likely N-dealkylation sites (N-methyl/N-ethyl adjacent to an activating group) is 1. The van der Waals surface area contributed by atoms with Gasteiger partial charge in [-0.2, -0.15) is 0 Å². The molecule has 0 aliphatic rings. The van der Waals surface area contributed by atoms with E-state index in [1.165, 1.54) is 6.92 Å². The van der Waals surface area contributed by atoms with Crippen molar-refractivity contribution in [2.75, 3.05) is 17.7 Å². The summed E-state index contributed by atoms with van der Waals surface area (Å²) in [5, 5.41) is 8.37. The van der Waals surface area contributed by atoms with E-state index in [-0.39, 0.29) is 17.9 Å². The summed E-state index contributed by atoms with van der Waals surface area (Å²) in [6.45, 7) is 5.12. The van der Waals surface area contributed by atoms with E-state index >= 15 is 0 Å². The van der Waals surface area contributed by atoms with Gasteiger partial charge in [-0.1, -0.05) is 6.07 Å². The predicted octanol–water partition coefficient (Wildman–Crippen LogP) is 1.50. The van der Waals surface area contributed by atoms with Crippen LogP contribution in [0, 0.1) is 6.92 Å². The molecule has 2 amide bonds. The van der Waals surface area contributed by atoms with Crippen molar-refractivity contribution < 1.29 is 9.59 Å². The van der Waals surface area contributed by atoms with E-state index in [0.29, 0.717) is 11.4 Å². The molecule has 18 heavy (non-hydrogen) atoms. The molecule has 0 aromatic heterocycles. The van der Waals surface area contributed by atoms with Crippen LogP contribution in [0.5, 0.6) is 0 Å². The van der Waals surface area contributed by atoms with Crippen LogP contribution in [0.1, 0.15) is 19.4 Å². The lowest BCUT2D eigenvalue weighted by molar-refractivity contribution is -0.117. The zero-order valence-electron chi connectivity index (χ0n) is 11.1. The van der Waals surface area contributed by atoms with Gasteiger partial charge in [0.15, 0.2) is 0 Å². The van der Waals surface area contributed by atoms with Crippen molar-refractivity contribution >= 4 is 23.2 Å². The van der Waals surface area contributed by atoms with Gasteiger partial charge in [0.25, 0.3) is 0 Å². The summed E-state index contributed by atoms with van der Waals surface area (Å²) in [7, 11) is 1.72. The summed E-state index contributed by atoms with van der Waals surface area (Å²) < 4.78 is 0. The summed E-state index contributed by atoms with van der Waals surface area (Å²) in [4.78, 5) is 22.7. The van der Waals surface area contributed by atoms with E-state index in [0.717, 1.165) is 5.56 Å². The van der Waals surface area contributed by atoms with Gasteiger partial charge in [0, 0.05) is 18.3 Å². The maximum absolute atomic E-state index is 11.7. The Morgan fingerprint density at radius 1 is 1.22 bits per heavy atom. The Balaban J connectivity index is 2.85. The zero-order valence-corrected chi connectivity index (χ0v) is 11.1. The van der Waals surface area contributed by atoms with Crippen molar-refractivity contribution in [3.63, 3.8) is 0 Å². The highest BCUT2D eigenvalue weighted by Gasteiger charge is 2.11. The molecule has 0 saturated carbocycles. The highest BCUT2D eigenvalue weighted by Crippen LogP contribution is 2.20. The number of amides is 2. The van der Waals surface area contributed by atoms with Crippen LogP contribution in [-0.2, 0) is 9.59 Å². The minimum absolute atomic E-state index is 0.116. The normalized spacial score (nSPS) is 11.8. The SMILES string of the molecule is CNC(C)C(=O)Nc1ccc(C)c(NC(C)=O)c1. The fraction of sp³-hybridized carbons (Fsp3) is 0.385. The Morgan fingerprint density at radius 3 is 2.44 bits per heavy atom. The van der Waals surface area contributed by atoms with Crippen molar-refractivity contribution in [2.45, 2.75) is 26.8 Å². The highest BCUT2D eigenvalue weighted by molar-refractivity contribution is 5.96. The van der Waals surface area contributed by atoms with Crippen LogP contribution in [0.25, 0.3) is 0 Å². The number of carbonyl (C=O) groups excluding carboxylic acids is 2. The third-order valence-corrected chi connectivity index (χ3v) is 2.64. The molecule has 0 bridgehead atoms. The molecule has 1 aromatic rings. The number of benzene rings is 1. The van der Waals surface area contributed by atoms with Gasteiger partial charge in [-0.25, -0.2) is 0 Å². The third-order valence-electron chi connectivity index (χ3n) is 2.64. The average molecular weight is 249 g/mol. The molecular formula is C13H19N3O2. The smallest absolute Gasteiger partial charge is 0.241 e. The Labute approximate surface area is 107 Å². The van der Waals surface area contributed by atoms with Gasteiger partial charge in [-0.15, -0.1) is 0 Å². The van der Waals surface area contributed by atoms with Crippen molar-refractivity contribution in [2.24, 2.45) is 0 Å². The number of aryl methyl sites for hydroxylation is 1. The van der Waals surface area contributed by atoms with Crippen molar-refractivity contribution in [3.8, 4) is 0 Å². The van der Waals surface area contributed by atoms with Gasteiger partial charge in [0.1, 0.15) is 0 Å². The Morgan fingerprint density at radius 2 is 1.89 bits per heavy atom. The van der Waals surface area contributed by atoms with Crippen LogP contribution in [0.2, 0.25) is 0 Å². The number of hydrogen-bond acceptors (Lipinski definition) is 3. The number of hydrogen-bond donors (Lipinski definition) is 3. The Hall–Kier alpha value is -1.88. The van der Waals surface area contributed by atoms with Gasteiger partial charge in [0.05, 0.1) is 6.04 Å². The van der Waals surface area contributed by atoms with Crippen molar-refractivity contribution in [1.29, 1.82) is 0 Å². The lowest BCUT2D eigenvalue weighted by atomic mass is 10.1. The lowest BCUT2D eigenvalue weighted by Crippen LogP contribution is -2.35. The fourth-order valence-electron chi connectivity index (χ4n) is 1.41. The van der Waals surface area contributed by atoms with Gasteiger partial charge in [0.2, 0.25) is 11.8 Å². The molecule has 3 N–H and O–H groups in total. The third kappa shape index (κ3) is 3.85. The van der Waals surface area contributed by atoms with Gasteiger partial charge in [-0.3, -0.25) is 9.59 Å². The van der Waals surface area contributed by atoms with Crippen LogP contribution < -0.4 is 16.0 Å². The fourth-order valence-corrected chi connectivity index (χ4v) is 1.41. The van der Waals surface area contributed by atoms with Crippen LogP contribution in [0.3, 0.4) is 0 Å². The molecule has 0 aliphatic heterocycles. The standard InChI is InChI=1S/C13H19N3O2/c1-8-5-6-11(7-12(8)15-10(3)17)16-13(18)9(2)14-4/h5-7,9,14H,1-4H3,(H,15,17)(H,16,18). The number of anilines is 2. The predicted molar refractivity (Wildman–Crippen MR) is 72.6 cm³/mol. The Bertz CT molecular complexity index is 458. The second-order valence-corrected chi connectivity index (χ2v) is 4.21. The first-order chi connectivity index (χ1) is 8.43. The highest BCUT2D eigenvalue weighted by atomic mass is 16.2. The van der Waals surface area contributed by atoms with E-state index in [1.54, 1.807) is 26.1 Å². The molecule has 0 fully saturated rings. The quantitative estimate of drug-likeness (QED) is 0.757. The molecule has 0 radical (unpaired) electrons. The average Bonchev–Trinajstić information content (AvgIpc) is 2.31. The van der Waals surface area contributed by atoms with E-state index in [4.69, 9.17) is 0 Å². The summed E-state index contributed by atoms with van der Waals surface area (Å²) in [5.74, 6) is -0.250. The first-order valence-electron chi connectivity index (χ1n) is 5.80. The zero-order chi connectivity index (χ0) is 13.7. The van der Waals surface area contributed by atoms with Gasteiger partial charge < -0.3 is 16.0 Å². The Kier molecular flexibility index (Phi) is 4.85. The van der Waals surface area contributed by atoms with Crippen molar-refractivity contribution in [1.82, 2.24) is 5.32 Å². The van der Waals surface area contributed by atoms with Crippen molar-refractivity contribution in [3.05, 3.63) is 23.8 Å². The molecule has 5 heteroatoms. The molecule has 1 rings (SSSR count). The van der Waals surface area contributed by atoms with Gasteiger partial charge in [-0.05, 0) is 38.6 Å². The lowest BCUT2D eigenvalue weighted by Gasteiger charge is -2.13. The van der Waals surface area contributed by atoms with Crippen LogP contribution in [0.4, 0.5) is 11.4 Å². The molecule has 98 valence electrons. The second kappa shape index (κ2) is 6.16. The maximum Gasteiger partial charge on any atom is 0.241 e. The molecular weight excluding hydrogens is 230 g/mol. The molecule has 0 saturated heterocycles. The monoisotopic (exact) mass is 249 g/mol. The molecule has 0 aliphatic carbocycles. The summed E-state index contributed by atoms with van der Waals surface area (Å²) in [6, 6.07) is 5.14. The summed E-state index contributed by atoms with van der Waals surface area (Å²) in [5.41, 5.74) is 2.32. The van der Waals surface area contributed by atoms with Crippen LogP contribution in [-0.4, -0.2) is 24.9 Å². The minimum Gasteiger partial charge on any atom is -0.326 e. The van der Waals surface area contributed by atoms with Gasteiger partial charge >= 0.3 is 0 Å². The number of nitrogens with one attached hydrogen (secondary N) is 3. The van der Waals surface area contributed by atoms with Crippen LogP contribution in [0.15, 0.2) is 18.2 Å². The molecule has 0 heterocycles. The molecule has 1 atom stereocenters. The first-order valence-corrected chi connectivity index (χ1v) is 5.80. The summed E-state index contributed by atoms with van der Waals surface area (Å²) in [6.07, 6.45) is 0.